The summed E-state index contributed by atoms with van der Waals surface area (Å²) in [4.78, 5) is 44.1. The van der Waals surface area contributed by atoms with Gasteiger partial charge in [0.1, 0.15) is 5.82 Å². The second-order valence-corrected chi connectivity index (χ2v) is 8.95. The van der Waals surface area contributed by atoms with E-state index in [0.717, 1.165) is 12.8 Å². The minimum atomic E-state index is -0.652. The van der Waals surface area contributed by atoms with Gasteiger partial charge in [0.25, 0.3) is 5.56 Å². The van der Waals surface area contributed by atoms with Crippen molar-refractivity contribution in [3.63, 3.8) is 0 Å². The van der Waals surface area contributed by atoms with Gasteiger partial charge in [0.05, 0.1) is 13.2 Å². The Bertz CT molecular complexity index is 824. The molecule has 0 spiro atoms. The van der Waals surface area contributed by atoms with Crippen molar-refractivity contribution in [1.82, 2.24) is 14.5 Å². The Morgan fingerprint density at radius 3 is 2.39 bits per heavy atom. The Hall–Kier alpha value is -2.13. The molecule has 9 nitrogen and oxygen atoms in total. The van der Waals surface area contributed by atoms with E-state index >= 15 is 0 Å². The van der Waals surface area contributed by atoms with E-state index in [1.54, 1.807) is 0 Å². The number of H-pyrrole nitrogens is 1. The highest BCUT2D eigenvalue weighted by Crippen LogP contribution is 2.22. The molecule has 0 aromatic carbocycles. The topological polar surface area (TPSA) is 114 Å². The molecule has 176 valence electrons. The molecule has 1 aromatic rings. The highest BCUT2D eigenvalue weighted by Gasteiger charge is 2.27. The second-order valence-electron chi connectivity index (χ2n) is 8.95. The number of rotatable bonds is 9. The van der Waals surface area contributed by atoms with E-state index in [1.165, 1.54) is 48.7 Å². The third-order valence-electron chi connectivity index (χ3n) is 5.93. The van der Waals surface area contributed by atoms with Gasteiger partial charge in [0, 0.05) is 26.2 Å². The summed E-state index contributed by atoms with van der Waals surface area (Å²) in [6.45, 7) is 4.87. The van der Waals surface area contributed by atoms with Gasteiger partial charge in [-0.1, -0.05) is 46.0 Å². The highest BCUT2D eigenvalue weighted by atomic mass is 16.5. The molecule has 0 aliphatic heterocycles. The van der Waals surface area contributed by atoms with Crippen LogP contribution in [0.2, 0.25) is 0 Å². The average Bonchev–Trinajstić information content (AvgIpc) is 2.66. The summed E-state index contributed by atoms with van der Waals surface area (Å²) in [7, 11) is 3.50. The molecule has 1 fully saturated rings. The molecule has 1 aromatic heterocycles. The molecule has 31 heavy (non-hydrogen) atoms. The lowest BCUT2D eigenvalue weighted by atomic mass is 9.96. The van der Waals surface area contributed by atoms with Crippen molar-refractivity contribution in [2.45, 2.75) is 71.4 Å². The second kappa shape index (κ2) is 12.0. The van der Waals surface area contributed by atoms with Gasteiger partial charge in [-0.2, -0.15) is 0 Å². The summed E-state index contributed by atoms with van der Waals surface area (Å²) in [5, 5.41) is 0. The molecule has 0 bridgehead atoms. The number of anilines is 2. The number of hydrogen-bond acceptors (Lipinski definition) is 6. The first kappa shape index (κ1) is 25.1. The molecule has 0 radical (unpaired) electrons. The van der Waals surface area contributed by atoms with E-state index in [4.69, 9.17) is 10.5 Å². The smallest absolute Gasteiger partial charge is 0.330 e. The van der Waals surface area contributed by atoms with Crippen LogP contribution in [0.1, 0.15) is 58.8 Å². The van der Waals surface area contributed by atoms with Crippen LogP contribution >= 0.6 is 0 Å². The van der Waals surface area contributed by atoms with Crippen molar-refractivity contribution in [2.24, 2.45) is 5.92 Å². The van der Waals surface area contributed by atoms with E-state index in [0.29, 0.717) is 12.6 Å². The Labute approximate surface area is 184 Å². The fourth-order valence-electron chi connectivity index (χ4n) is 4.23. The maximum Gasteiger partial charge on any atom is 0.330 e. The summed E-state index contributed by atoms with van der Waals surface area (Å²) in [6.07, 6.45) is 8.25. The summed E-state index contributed by atoms with van der Waals surface area (Å²) < 4.78 is 6.49. The third-order valence-corrected chi connectivity index (χ3v) is 5.93. The molecule has 3 N–H and O–H groups in total. The van der Waals surface area contributed by atoms with Crippen LogP contribution in [0.25, 0.3) is 0 Å². The van der Waals surface area contributed by atoms with Crippen LogP contribution in [0.3, 0.4) is 0 Å². The summed E-state index contributed by atoms with van der Waals surface area (Å²) in [5.41, 5.74) is 5.06. The fraction of sp³-hybridized carbons (Fsp3) is 0.773. The summed E-state index contributed by atoms with van der Waals surface area (Å²) >= 11 is 0. The Balaban J connectivity index is 2.31. The molecule has 0 unspecified atom stereocenters. The van der Waals surface area contributed by atoms with Crippen LogP contribution in [0.4, 0.5) is 11.5 Å². The highest BCUT2D eigenvalue weighted by molar-refractivity contribution is 5.96. The van der Waals surface area contributed by atoms with Crippen molar-refractivity contribution in [3.05, 3.63) is 20.8 Å². The number of carbonyl (C=O) groups is 1. The van der Waals surface area contributed by atoms with Gasteiger partial charge >= 0.3 is 5.69 Å². The number of aromatic nitrogens is 2. The van der Waals surface area contributed by atoms with E-state index in [1.807, 2.05) is 20.9 Å². The number of nitrogen functional groups attached to an aromatic ring is 1. The van der Waals surface area contributed by atoms with Crippen LogP contribution in [0.15, 0.2) is 9.59 Å². The quantitative estimate of drug-likeness (QED) is 0.609. The minimum Gasteiger partial charge on any atom is -0.383 e. The SMILES string of the molecule is COCCN(C(=O)CN(C)C1CCCCCCC1)c1c(N)n(CC(C)C)c(=O)[nH]c1=O. The standard InChI is InChI=1S/C22H39N5O4/c1-16(2)14-27-20(23)19(21(29)24-22(27)30)26(12-13-31-4)18(28)15-25(3)17-10-8-6-5-7-9-11-17/h16-17H,5-15,23H2,1-4H3,(H,24,29,30). The van der Waals surface area contributed by atoms with Gasteiger partial charge in [-0.15, -0.1) is 0 Å². The van der Waals surface area contributed by atoms with E-state index < -0.39 is 11.2 Å². The maximum absolute atomic E-state index is 13.3. The number of nitrogens with one attached hydrogen (secondary N) is 1. The molecule has 1 aliphatic rings. The van der Waals surface area contributed by atoms with Crippen LogP contribution in [0, 0.1) is 5.92 Å². The number of carbonyl (C=O) groups excluding carboxylic acids is 1. The normalized spacial score (nSPS) is 15.8. The first-order valence-electron chi connectivity index (χ1n) is 11.4. The van der Waals surface area contributed by atoms with E-state index in [-0.39, 0.29) is 43.0 Å². The molecule has 0 atom stereocenters. The number of methoxy groups -OCH3 is 1. The molecule has 9 heteroatoms. The molecule has 1 saturated carbocycles. The van der Waals surface area contributed by atoms with Gasteiger partial charge in [-0.25, -0.2) is 4.79 Å². The first-order chi connectivity index (χ1) is 14.8. The zero-order valence-electron chi connectivity index (χ0n) is 19.5. The number of ether oxygens (including phenoxy) is 1. The molecule has 1 aliphatic carbocycles. The van der Waals surface area contributed by atoms with Gasteiger partial charge in [0.2, 0.25) is 5.91 Å². The van der Waals surface area contributed by atoms with Gasteiger partial charge in [-0.3, -0.25) is 24.0 Å². The fourth-order valence-corrected chi connectivity index (χ4v) is 4.23. The average molecular weight is 438 g/mol. The Kier molecular flexibility index (Phi) is 9.77. The Morgan fingerprint density at radius 1 is 1.19 bits per heavy atom. The number of amides is 1. The van der Waals surface area contributed by atoms with Crippen molar-refractivity contribution < 1.29 is 9.53 Å². The number of likely N-dealkylation sites (N-methyl/N-ethyl adjacent to an activating group) is 1. The van der Waals surface area contributed by atoms with Crippen molar-refractivity contribution >= 4 is 17.4 Å². The summed E-state index contributed by atoms with van der Waals surface area (Å²) in [6, 6.07) is 0.346. The van der Waals surface area contributed by atoms with Crippen molar-refractivity contribution in [3.8, 4) is 0 Å². The number of hydrogen-bond donors (Lipinski definition) is 2. The lowest BCUT2D eigenvalue weighted by Crippen LogP contribution is -2.47. The summed E-state index contributed by atoms with van der Waals surface area (Å²) in [5.74, 6) is -0.0682. The van der Waals surface area contributed by atoms with Crippen LogP contribution in [-0.2, 0) is 16.1 Å². The molecule has 0 saturated heterocycles. The molecule has 2 rings (SSSR count). The Morgan fingerprint density at radius 2 is 1.81 bits per heavy atom. The minimum absolute atomic E-state index is 0.0144. The zero-order valence-corrected chi connectivity index (χ0v) is 19.5. The molecule has 1 heterocycles. The van der Waals surface area contributed by atoms with Gasteiger partial charge < -0.3 is 15.4 Å². The van der Waals surface area contributed by atoms with Gasteiger partial charge in [-0.05, 0) is 25.8 Å². The third kappa shape index (κ3) is 6.93. The predicted molar refractivity (Wildman–Crippen MR) is 124 cm³/mol. The van der Waals surface area contributed by atoms with Crippen LogP contribution < -0.4 is 21.9 Å². The lowest BCUT2D eigenvalue weighted by Gasteiger charge is -2.31. The van der Waals surface area contributed by atoms with E-state index in [9.17, 15) is 14.4 Å². The predicted octanol–water partition coefficient (Wildman–Crippen LogP) is 1.80. The van der Waals surface area contributed by atoms with Crippen molar-refractivity contribution in [1.29, 1.82) is 0 Å². The van der Waals surface area contributed by atoms with Gasteiger partial charge in [0.15, 0.2) is 5.69 Å². The lowest BCUT2D eigenvalue weighted by molar-refractivity contribution is -0.120. The number of aromatic amines is 1. The van der Waals surface area contributed by atoms with Crippen LogP contribution in [0.5, 0.6) is 0 Å². The largest absolute Gasteiger partial charge is 0.383 e. The first-order valence-corrected chi connectivity index (χ1v) is 11.4. The molecular weight excluding hydrogens is 398 g/mol. The van der Waals surface area contributed by atoms with Crippen LogP contribution in [-0.4, -0.2) is 60.3 Å². The zero-order chi connectivity index (χ0) is 23.0. The maximum atomic E-state index is 13.3. The van der Waals surface area contributed by atoms with E-state index in [2.05, 4.69) is 9.88 Å². The number of nitrogens with zero attached hydrogens (tertiary/aromatic N) is 3. The molecule has 1 amide bonds. The number of nitrogens with two attached hydrogens (primary N) is 1. The van der Waals surface area contributed by atoms with Crippen molar-refractivity contribution in [2.75, 3.05) is 44.5 Å². The molecular formula is C22H39N5O4. The monoisotopic (exact) mass is 437 g/mol.